The van der Waals surface area contributed by atoms with Gasteiger partial charge in [-0.3, -0.25) is 0 Å². The Kier molecular flexibility index (Phi) is 2.53. The van der Waals surface area contributed by atoms with Crippen molar-refractivity contribution in [3.05, 3.63) is 22.0 Å². The lowest BCUT2D eigenvalue weighted by atomic mass is 10.2. The lowest BCUT2D eigenvalue weighted by molar-refractivity contribution is 0.416. The van der Waals surface area contributed by atoms with Crippen LogP contribution in [0.4, 0.5) is 0 Å². The zero-order valence-corrected chi connectivity index (χ0v) is 10.2. The van der Waals surface area contributed by atoms with E-state index in [1.807, 2.05) is 11.4 Å². The highest BCUT2D eigenvalue weighted by atomic mass is 79.9. The number of thiol groups is 1. The van der Waals surface area contributed by atoms with Gasteiger partial charge in [-0.05, 0) is 33.4 Å². The molecule has 0 spiro atoms. The van der Waals surface area contributed by atoms with Crippen molar-refractivity contribution in [2.75, 3.05) is 7.11 Å². The molecule has 2 aromatic rings. The predicted octanol–water partition coefficient (Wildman–Crippen LogP) is 3.96. The van der Waals surface area contributed by atoms with Gasteiger partial charge in [-0.1, -0.05) is 0 Å². The molecular formula is C9H7BrOS2. The van der Waals surface area contributed by atoms with Crippen molar-refractivity contribution in [1.29, 1.82) is 0 Å². The molecule has 68 valence electrons. The molecule has 0 bridgehead atoms. The van der Waals surface area contributed by atoms with E-state index in [1.54, 1.807) is 18.4 Å². The smallest absolute Gasteiger partial charge is 0.142 e. The van der Waals surface area contributed by atoms with E-state index in [0.29, 0.717) is 0 Å². The zero-order valence-electron chi connectivity index (χ0n) is 6.87. The molecule has 0 saturated carbocycles. The maximum atomic E-state index is 5.31. The van der Waals surface area contributed by atoms with Gasteiger partial charge in [0.15, 0.2) is 0 Å². The summed E-state index contributed by atoms with van der Waals surface area (Å²) >= 11 is 9.49. The standard InChI is InChI=1S/C9H7BrOS2/c1-11-9-5-2-3-13-7(5)4-6(12)8(9)10/h2-4,12H,1H3. The van der Waals surface area contributed by atoms with E-state index in [9.17, 15) is 0 Å². The SMILES string of the molecule is COc1c(Br)c(S)cc2sccc12. The Balaban J connectivity index is 2.87. The average molecular weight is 275 g/mol. The second-order valence-corrected chi connectivity index (χ2v) is 4.80. The fourth-order valence-electron chi connectivity index (χ4n) is 1.24. The largest absolute Gasteiger partial charge is 0.495 e. The second kappa shape index (κ2) is 3.52. The number of hydrogen-bond donors (Lipinski definition) is 1. The highest BCUT2D eigenvalue weighted by molar-refractivity contribution is 9.10. The maximum Gasteiger partial charge on any atom is 0.142 e. The molecule has 0 N–H and O–H groups in total. The Morgan fingerprint density at radius 2 is 2.31 bits per heavy atom. The van der Waals surface area contributed by atoms with Crippen molar-refractivity contribution >= 4 is 50.0 Å². The molecule has 0 aliphatic carbocycles. The van der Waals surface area contributed by atoms with E-state index in [1.165, 1.54) is 4.70 Å². The Hall–Kier alpha value is -0.190. The minimum atomic E-state index is 0.865. The fourth-order valence-corrected chi connectivity index (χ4v) is 2.87. The summed E-state index contributed by atoms with van der Waals surface area (Å²) in [5, 5.41) is 3.18. The monoisotopic (exact) mass is 274 g/mol. The maximum absolute atomic E-state index is 5.31. The van der Waals surface area contributed by atoms with E-state index in [2.05, 4.69) is 34.6 Å². The lowest BCUT2D eigenvalue weighted by Crippen LogP contribution is -1.85. The van der Waals surface area contributed by atoms with Crippen LogP contribution in [0.25, 0.3) is 10.1 Å². The van der Waals surface area contributed by atoms with Gasteiger partial charge in [0, 0.05) is 15.0 Å². The van der Waals surface area contributed by atoms with Crippen LogP contribution in [0.15, 0.2) is 26.9 Å². The van der Waals surface area contributed by atoms with E-state index in [0.717, 1.165) is 20.5 Å². The second-order valence-electron chi connectivity index (χ2n) is 2.58. The van der Waals surface area contributed by atoms with Gasteiger partial charge in [0.05, 0.1) is 11.6 Å². The topological polar surface area (TPSA) is 9.23 Å². The molecule has 0 radical (unpaired) electrons. The average Bonchev–Trinajstić information content (AvgIpc) is 2.54. The Morgan fingerprint density at radius 1 is 1.54 bits per heavy atom. The van der Waals surface area contributed by atoms with Crippen LogP contribution in [-0.4, -0.2) is 7.11 Å². The third-order valence-corrected chi connectivity index (χ3v) is 4.15. The number of thiophene rings is 1. The highest BCUT2D eigenvalue weighted by Gasteiger charge is 2.10. The molecular weight excluding hydrogens is 268 g/mol. The molecule has 0 aliphatic heterocycles. The molecule has 1 aromatic carbocycles. The van der Waals surface area contributed by atoms with Crippen molar-refractivity contribution in [1.82, 2.24) is 0 Å². The summed E-state index contributed by atoms with van der Waals surface area (Å²) in [6, 6.07) is 4.09. The summed E-state index contributed by atoms with van der Waals surface area (Å²) < 4.78 is 7.43. The predicted molar refractivity (Wildman–Crippen MR) is 63.3 cm³/mol. The van der Waals surface area contributed by atoms with E-state index < -0.39 is 0 Å². The van der Waals surface area contributed by atoms with Gasteiger partial charge in [-0.2, -0.15) is 0 Å². The number of halogens is 1. The number of hydrogen-bond acceptors (Lipinski definition) is 3. The first kappa shape index (κ1) is 9.37. The molecule has 2 rings (SSSR count). The summed E-state index contributed by atoms with van der Waals surface area (Å²) in [5.41, 5.74) is 0. The zero-order chi connectivity index (χ0) is 9.42. The summed E-state index contributed by atoms with van der Waals surface area (Å²) in [7, 11) is 1.67. The first-order valence-corrected chi connectivity index (χ1v) is 5.78. The number of rotatable bonds is 1. The fraction of sp³-hybridized carbons (Fsp3) is 0.111. The first-order chi connectivity index (χ1) is 6.24. The molecule has 0 unspecified atom stereocenters. The van der Waals surface area contributed by atoms with E-state index in [-0.39, 0.29) is 0 Å². The minimum absolute atomic E-state index is 0.865. The van der Waals surface area contributed by atoms with E-state index >= 15 is 0 Å². The van der Waals surface area contributed by atoms with Crippen molar-refractivity contribution in [2.24, 2.45) is 0 Å². The molecule has 4 heteroatoms. The molecule has 0 atom stereocenters. The van der Waals surface area contributed by atoms with Crippen LogP contribution in [0.1, 0.15) is 0 Å². The van der Waals surface area contributed by atoms with Crippen LogP contribution in [0.3, 0.4) is 0 Å². The summed E-state index contributed by atoms with van der Waals surface area (Å²) in [6.07, 6.45) is 0. The van der Waals surface area contributed by atoms with Crippen LogP contribution in [0, 0.1) is 0 Å². The van der Waals surface area contributed by atoms with Gasteiger partial charge in [-0.15, -0.1) is 24.0 Å². The van der Waals surface area contributed by atoms with Crippen LogP contribution >= 0.6 is 39.9 Å². The Bertz CT molecular complexity index is 450. The van der Waals surface area contributed by atoms with Crippen molar-refractivity contribution in [3.8, 4) is 5.75 Å². The number of methoxy groups -OCH3 is 1. The summed E-state index contributed by atoms with van der Waals surface area (Å²) in [5.74, 6) is 0.865. The molecule has 0 fully saturated rings. The lowest BCUT2D eigenvalue weighted by Gasteiger charge is -2.06. The van der Waals surface area contributed by atoms with Crippen LogP contribution in [0.5, 0.6) is 5.75 Å². The molecule has 1 nitrogen and oxygen atoms in total. The van der Waals surface area contributed by atoms with Gasteiger partial charge < -0.3 is 4.74 Å². The summed E-state index contributed by atoms with van der Waals surface area (Å²) in [6.45, 7) is 0. The molecule has 0 aliphatic rings. The van der Waals surface area contributed by atoms with Crippen molar-refractivity contribution in [2.45, 2.75) is 4.90 Å². The van der Waals surface area contributed by atoms with Crippen LogP contribution in [0.2, 0.25) is 0 Å². The van der Waals surface area contributed by atoms with Gasteiger partial charge in [0.1, 0.15) is 5.75 Å². The molecule has 1 aromatic heterocycles. The van der Waals surface area contributed by atoms with Gasteiger partial charge in [-0.25, -0.2) is 0 Å². The molecule has 1 heterocycles. The van der Waals surface area contributed by atoms with Crippen LogP contribution < -0.4 is 4.74 Å². The minimum Gasteiger partial charge on any atom is -0.495 e. The third kappa shape index (κ3) is 1.47. The van der Waals surface area contributed by atoms with E-state index in [4.69, 9.17) is 4.74 Å². The number of fused-ring (bicyclic) bond motifs is 1. The van der Waals surface area contributed by atoms with Gasteiger partial charge in [0.25, 0.3) is 0 Å². The van der Waals surface area contributed by atoms with Crippen molar-refractivity contribution in [3.63, 3.8) is 0 Å². The molecule has 0 saturated heterocycles. The normalized spacial score (nSPS) is 10.7. The number of benzene rings is 1. The molecule has 13 heavy (non-hydrogen) atoms. The van der Waals surface area contributed by atoms with Gasteiger partial charge in [0.2, 0.25) is 0 Å². The van der Waals surface area contributed by atoms with Crippen LogP contribution in [-0.2, 0) is 0 Å². The third-order valence-electron chi connectivity index (χ3n) is 1.84. The van der Waals surface area contributed by atoms with Gasteiger partial charge >= 0.3 is 0 Å². The van der Waals surface area contributed by atoms with Crippen molar-refractivity contribution < 1.29 is 4.74 Å². The number of ether oxygens (including phenoxy) is 1. The first-order valence-electron chi connectivity index (χ1n) is 3.66. The summed E-state index contributed by atoms with van der Waals surface area (Å²) in [4.78, 5) is 0.909. The Labute approximate surface area is 94.3 Å². The molecule has 0 amide bonds. The quantitative estimate of drug-likeness (QED) is 0.775. The highest BCUT2D eigenvalue weighted by Crippen LogP contribution is 2.40. The Morgan fingerprint density at radius 3 is 3.00 bits per heavy atom.